The maximum absolute atomic E-state index is 12.2. The van der Waals surface area contributed by atoms with Crippen molar-refractivity contribution in [2.75, 3.05) is 5.32 Å². The molecule has 3 aromatic rings. The van der Waals surface area contributed by atoms with Crippen LogP contribution in [0.1, 0.15) is 22.1 Å². The number of aromatic nitrogens is 2. The molecule has 132 valence electrons. The number of non-ortho nitro benzene ring substituents is 1. The van der Waals surface area contributed by atoms with Gasteiger partial charge in [0.2, 0.25) is 11.7 Å². The third-order valence-corrected chi connectivity index (χ3v) is 3.37. The smallest absolute Gasteiger partial charge is 0.271 e. The fourth-order valence-electron chi connectivity index (χ4n) is 2.15. The number of hydrogen-bond donors (Lipinski definition) is 1. The fourth-order valence-corrected chi connectivity index (χ4v) is 2.15. The molecule has 0 aliphatic carbocycles. The van der Waals surface area contributed by atoms with Crippen molar-refractivity contribution < 1.29 is 19.0 Å². The Labute approximate surface area is 147 Å². The van der Waals surface area contributed by atoms with Crippen LogP contribution < -0.4 is 10.1 Å². The molecule has 0 spiro atoms. The Morgan fingerprint density at radius 1 is 1.27 bits per heavy atom. The van der Waals surface area contributed by atoms with Gasteiger partial charge in [-0.05, 0) is 30.3 Å². The Balaban J connectivity index is 1.61. The number of carbonyl (C=O) groups is 1. The molecule has 0 aliphatic rings. The van der Waals surface area contributed by atoms with E-state index in [-0.39, 0.29) is 18.2 Å². The van der Waals surface area contributed by atoms with Gasteiger partial charge in [-0.3, -0.25) is 14.9 Å². The molecular weight excluding hydrogens is 340 g/mol. The van der Waals surface area contributed by atoms with Crippen molar-refractivity contribution in [3.05, 3.63) is 75.9 Å². The molecule has 3 rings (SSSR count). The molecule has 1 aromatic heterocycles. The lowest BCUT2D eigenvalue weighted by atomic mass is 10.2. The minimum atomic E-state index is -0.521. The lowest BCUT2D eigenvalue weighted by Gasteiger charge is -2.07. The standard InChI is InChI=1S/C17H14N4O5/c1-11-18-16(20-26-11)10-25-15-7-5-12(6-8-15)17(22)19-13-3-2-4-14(9-13)21(23)24/h2-9H,10H2,1H3,(H,19,22). The van der Waals surface area contributed by atoms with E-state index in [1.165, 1.54) is 18.2 Å². The molecule has 0 aliphatic heterocycles. The van der Waals surface area contributed by atoms with Crippen LogP contribution in [-0.4, -0.2) is 21.0 Å². The van der Waals surface area contributed by atoms with Crippen LogP contribution in [0, 0.1) is 17.0 Å². The van der Waals surface area contributed by atoms with E-state index in [0.717, 1.165) is 0 Å². The van der Waals surface area contributed by atoms with Gasteiger partial charge in [0.15, 0.2) is 6.61 Å². The normalized spacial score (nSPS) is 10.3. The van der Waals surface area contributed by atoms with Crippen molar-refractivity contribution >= 4 is 17.3 Å². The summed E-state index contributed by atoms with van der Waals surface area (Å²) >= 11 is 0. The third kappa shape index (κ3) is 4.20. The highest BCUT2D eigenvalue weighted by Crippen LogP contribution is 2.19. The number of aryl methyl sites for hydroxylation is 1. The van der Waals surface area contributed by atoms with E-state index in [1.807, 2.05) is 0 Å². The van der Waals surface area contributed by atoms with E-state index < -0.39 is 4.92 Å². The fraction of sp³-hybridized carbons (Fsp3) is 0.118. The minimum Gasteiger partial charge on any atom is -0.485 e. The van der Waals surface area contributed by atoms with Gasteiger partial charge in [0.1, 0.15) is 5.75 Å². The molecule has 0 radical (unpaired) electrons. The average Bonchev–Trinajstić information content (AvgIpc) is 3.06. The second kappa shape index (κ2) is 7.43. The zero-order valence-corrected chi connectivity index (χ0v) is 13.7. The van der Waals surface area contributed by atoms with Crippen LogP contribution in [0.2, 0.25) is 0 Å². The van der Waals surface area contributed by atoms with Gasteiger partial charge in [-0.25, -0.2) is 0 Å². The SMILES string of the molecule is Cc1nc(COc2ccc(C(=O)Nc3cccc([N+](=O)[O-])c3)cc2)no1. The molecule has 0 unspecified atom stereocenters. The number of hydrogen-bond acceptors (Lipinski definition) is 7. The molecule has 2 aromatic carbocycles. The van der Waals surface area contributed by atoms with Crippen LogP contribution in [0.25, 0.3) is 0 Å². The monoisotopic (exact) mass is 354 g/mol. The molecular formula is C17H14N4O5. The highest BCUT2D eigenvalue weighted by atomic mass is 16.6. The Hall–Kier alpha value is -3.75. The number of nitrogens with zero attached hydrogens (tertiary/aromatic N) is 3. The Kier molecular flexibility index (Phi) is 4.88. The van der Waals surface area contributed by atoms with Crippen LogP contribution in [0.15, 0.2) is 53.1 Å². The van der Waals surface area contributed by atoms with Crippen molar-refractivity contribution in [1.29, 1.82) is 0 Å². The second-order valence-electron chi connectivity index (χ2n) is 5.30. The maximum atomic E-state index is 12.2. The number of benzene rings is 2. The summed E-state index contributed by atoms with van der Waals surface area (Å²) in [4.78, 5) is 26.5. The van der Waals surface area contributed by atoms with E-state index in [9.17, 15) is 14.9 Å². The van der Waals surface area contributed by atoms with Crippen molar-refractivity contribution in [3.8, 4) is 5.75 Å². The largest absolute Gasteiger partial charge is 0.485 e. The number of nitrogens with one attached hydrogen (secondary N) is 1. The highest BCUT2D eigenvalue weighted by Gasteiger charge is 2.10. The van der Waals surface area contributed by atoms with Gasteiger partial charge >= 0.3 is 0 Å². The van der Waals surface area contributed by atoms with E-state index >= 15 is 0 Å². The minimum absolute atomic E-state index is 0.0942. The molecule has 0 saturated heterocycles. The molecule has 0 bridgehead atoms. The zero-order valence-electron chi connectivity index (χ0n) is 13.7. The van der Waals surface area contributed by atoms with E-state index in [4.69, 9.17) is 9.26 Å². The summed E-state index contributed by atoms with van der Waals surface area (Å²) in [6.07, 6.45) is 0. The Bertz CT molecular complexity index is 936. The van der Waals surface area contributed by atoms with Crippen LogP contribution in [0.3, 0.4) is 0 Å². The predicted molar refractivity (Wildman–Crippen MR) is 90.9 cm³/mol. The lowest BCUT2D eigenvalue weighted by Crippen LogP contribution is -2.11. The number of nitro groups is 1. The first-order valence-corrected chi connectivity index (χ1v) is 7.59. The Morgan fingerprint density at radius 3 is 2.69 bits per heavy atom. The first-order valence-electron chi connectivity index (χ1n) is 7.59. The van der Waals surface area contributed by atoms with Gasteiger partial charge in [0, 0.05) is 30.3 Å². The van der Waals surface area contributed by atoms with Crippen molar-refractivity contribution in [3.63, 3.8) is 0 Å². The van der Waals surface area contributed by atoms with E-state index in [1.54, 1.807) is 37.3 Å². The summed E-state index contributed by atoms with van der Waals surface area (Å²) in [5.74, 6) is 1.04. The molecule has 1 heterocycles. The summed E-state index contributed by atoms with van der Waals surface area (Å²) in [6.45, 7) is 1.84. The molecule has 0 saturated carbocycles. The topological polar surface area (TPSA) is 120 Å². The number of rotatable bonds is 6. The van der Waals surface area contributed by atoms with Crippen molar-refractivity contribution in [2.45, 2.75) is 13.5 Å². The molecule has 9 nitrogen and oxygen atoms in total. The van der Waals surface area contributed by atoms with Crippen LogP contribution >= 0.6 is 0 Å². The quantitative estimate of drug-likeness (QED) is 0.533. The van der Waals surface area contributed by atoms with Gasteiger partial charge in [-0.15, -0.1) is 0 Å². The number of nitro benzene ring substituents is 1. The van der Waals surface area contributed by atoms with E-state index in [0.29, 0.717) is 28.7 Å². The molecule has 0 fully saturated rings. The van der Waals surface area contributed by atoms with Gasteiger partial charge in [-0.2, -0.15) is 4.98 Å². The molecule has 1 N–H and O–H groups in total. The second-order valence-corrected chi connectivity index (χ2v) is 5.30. The first kappa shape index (κ1) is 17.1. The van der Waals surface area contributed by atoms with E-state index in [2.05, 4.69) is 15.5 Å². The van der Waals surface area contributed by atoms with Crippen molar-refractivity contribution in [1.82, 2.24) is 10.1 Å². The zero-order chi connectivity index (χ0) is 18.5. The Morgan fingerprint density at radius 2 is 2.04 bits per heavy atom. The molecule has 0 atom stereocenters. The van der Waals surface area contributed by atoms with Crippen molar-refractivity contribution in [2.24, 2.45) is 0 Å². The van der Waals surface area contributed by atoms with Gasteiger partial charge in [0.05, 0.1) is 4.92 Å². The summed E-state index contributed by atoms with van der Waals surface area (Å²) < 4.78 is 10.4. The summed E-state index contributed by atoms with van der Waals surface area (Å²) in [5.41, 5.74) is 0.638. The number of ether oxygens (including phenoxy) is 1. The van der Waals surface area contributed by atoms with Crippen LogP contribution in [-0.2, 0) is 6.61 Å². The summed E-state index contributed by atoms with van der Waals surface area (Å²) in [6, 6.07) is 12.2. The molecule has 26 heavy (non-hydrogen) atoms. The predicted octanol–water partition coefficient (Wildman–Crippen LogP) is 3.12. The first-order chi connectivity index (χ1) is 12.5. The number of amides is 1. The lowest BCUT2D eigenvalue weighted by molar-refractivity contribution is -0.384. The third-order valence-electron chi connectivity index (χ3n) is 3.37. The summed E-state index contributed by atoms with van der Waals surface area (Å²) in [7, 11) is 0. The number of carbonyl (C=O) groups excluding carboxylic acids is 1. The maximum Gasteiger partial charge on any atom is 0.271 e. The van der Waals surface area contributed by atoms with Gasteiger partial charge in [-0.1, -0.05) is 11.2 Å². The number of anilines is 1. The average molecular weight is 354 g/mol. The van der Waals surface area contributed by atoms with Gasteiger partial charge < -0.3 is 14.6 Å². The molecule has 9 heteroatoms. The summed E-state index contributed by atoms with van der Waals surface area (Å²) in [5, 5.41) is 17.1. The van der Waals surface area contributed by atoms with Crippen LogP contribution in [0.4, 0.5) is 11.4 Å². The van der Waals surface area contributed by atoms with Crippen LogP contribution in [0.5, 0.6) is 5.75 Å². The van der Waals surface area contributed by atoms with Gasteiger partial charge in [0.25, 0.3) is 11.6 Å². The molecule has 1 amide bonds. The highest BCUT2D eigenvalue weighted by molar-refractivity contribution is 6.04.